The Balaban J connectivity index is 1.92. The molecule has 0 amide bonds. The molecule has 0 atom stereocenters. The highest BCUT2D eigenvalue weighted by molar-refractivity contribution is 7.99. The van der Waals surface area contributed by atoms with Crippen LogP contribution in [-0.2, 0) is 0 Å². The van der Waals surface area contributed by atoms with Crippen LogP contribution in [0.5, 0.6) is 0 Å². The van der Waals surface area contributed by atoms with Gasteiger partial charge in [-0.3, -0.25) is 4.79 Å². The molecule has 2 aromatic carbocycles. The van der Waals surface area contributed by atoms with Gasteiger partial charge in [-0.05, 0) is 48.1 Å². The Morgan fingerprint density at radius 2 is 1.65 bits per heavy atom. The van der Waals surface area contributed by atoms with Gasteiger partial charge in [0.1, 0.15) is 0 Å². The molecule has 0 aliphatic carbocycles. The summed E-state index contributed by atoms with van der Waals surface area (Å²) in [6.45, 7) is 2.19. The van der Waals surface area contributed by atoms with E-state index in [4.69, 9.17) is 0 Å². The molecule has 0 aromatic heterocycles. The molecule has 0 aliphatic rings. The van der Waals surface area contributed by atoms with Crippen LogP contribution in [-0.4, -0.2) is 11.5 Å². The summed E-state index contributed by atoms with van der Waals surface area (Å²) in [5.41, 5.74) is 0.577. The van der Waals surface area contributed by atoms with Crippen molar-refractivity contribution in [3.8, 4) is 0 Å². The predicted molar refractivity (Wildman–Crippen MR) is 101 cm³/mol. The summed E-state index contributed by atoms with van der Waals surface area (Å²) in [5, 5.41) is 0. The van der Waals surface area contributed by atoms with Gasteiger partial charge in [0.15, 0.2) is 23.2 Å². The highest BCUT2D eigenvalue weighted by Gasteiger charge is 2.13. The highest BCUT2D eigenvalue weighted by atomic mass is 32.2. The minimum absolute atomic E-state index is 0.225. The van der Waals surface area contributed by atoms with Crippen molar-refractivity contribution in [1.82, 2.24) is 0 Å². The van der Waals surface area contributed by atoms with Crippen LogP contribution >= 0.6 is 11.8 Å². The zero-order valence-corrected chi connectivity index (χ0v) is 15.4. The van der Waals surface area contributed by atoms with Crippen LogP contribution in [0.25, 0.3) is 6.08 Å². The van der Waals surface area contributed by atoms with Crippen molar-refractivity contribution in [1.29, 1.82) is 0 Å². The maximum atomic E-state index is 13.2. The van der Waals surface area contributed by atoms with Gasteiger partial charge in [0, 0.05) is 10.5 Å². The molecular weight excluding hydrogens is 357 g/mol. The van der Waals surface area contributed by atoms with E-state index in [0.29, 0.717) is 12.1 Å². The lowest BCUT2D eigenvalue weighted by Crippen LogP contribution is -2.00. The second-order valence-electron chi connectivity index (χ2n) is 5.93. The molecule has 0 aliphatic heterocycles. The molecule has 0 saturated carbocycles. The van der Waals surface area contributed by atoms with E-state index in [2.05, 4.69) is 6.92 Å². The zero-order valence-electron chi connectivity index (χ0n) is 14.6. The Hall–Kier alpha value is -2.01. The Labute approximate surface area is 156 Å². The third-order valence-corrected chi connectivity index (χ3v) is 4.94. The molecule has 0 spiro atoms. The van der Waals surface area contributed by atoms with Crippen molar-refractivity contribution >= 4 is 23.6 Å². The number of hydrogen-bond donors (Lipinski definition) is 0. The second-order valence-corrected chi connectivity index (χ2v) is 7.10. The SMILES string of the molecule is CCCCCCSc1ccc(/C=C/C(=O)c2cc(F)c(F)c(F)c2)cc1. The van der Waals surface area contributed by atoms with Crippen LogP contribution in [0.4, 0.5) is 13.2 Å². The molecule has 138 valence electrons. The second kappa shape index (κ2) is 10.2. The molecular formula is C21H21F3OS. The van der Waals surface area contributed by atoms with Gasteiger partial charge in [0.05, 0.1) is 0 Å². The predicted octanol–water partition coefficient (Wildman–Crippen LogP) is 6.67. The molecule has 0 fully saturated rings. The summed E-state index contributed by atoms with van der Waals surface area (Å²) in [4.78, 5) is 13.1. The van der Waals surface area contributed by atoms with E-state index in [1.807, 2.05) is 24.3 Å². The van der Waals surface area contributed by atoms with Crippen molar-refractivity contribution < 1.29 is 18.0 Å². The first-order valence-corrected chi connectivity index (χ1v) is 9.59. The van der Waals surface area contributed by atoms with Crippen molar-refractivity contribution in [3.05, 3.63) is 71.1 Å². The van der Waals surface area contributed by atoms with Gasteiger partial charge in [0.2, 0.25) is 0 Å². The molecule has 0 radical (unpaired) electrons. The smallest absolute Gasteiger partial charge is 0.194 e. The fourth-order valence-electron chi connectivity index (χ4n) is 2.36. The van der Waals surface area contributed by atoms with Gasteiger partial charge in [-0.2, -0.15) is 0 Å². The average molecular weight is 378 g/mol. The Bertz CT molecular complexity index is 746. The fourth-order valence-corrected chi connectivity index (χ4v) is 3.27. The van der Waals surface area contributed by atoms with Crippen LogP contribution < -0.4 is 0 Å². The summed E-state index contributed by atoms with van der Waals surface area (Å²) in [7, 11) is 0. The first kappa shape index (κ1) is 20.3. The molecule has 0 heterocycles. The molecule has 0 unspecified atom stereocenters. The summed E-state index contributed by atoms with van der Waals surface area (Å²) in [6, 6.07) is 9.11. The molecule has 0 saturated heterocycles. The van der Waals surface area contributed by atoms with Crippen LogP contribution in [0.1, 0.15) is 48.5 Å². The van der Waals surface area contributed by atoms with E-state index >= 15 is 0 Å². The van der Waals surface area contributed by atoms with Crippen molar-refractivity contribution in [2.45, 2.75) is 37.5 Å². The van der Waals surface area contributed by atoms with Gasteiger partial charge in [0.25, 0.3) is 0 Å². The highest BCUT2D eigenvalue weighted by Crippen LogP contribution is 2.21. The number of thioether (sulfide) groups is 1. The number of halogens is 3. The number of benzene rings is 2. The average Bonchev–Trinajstić information content (AvgIpc) is 2.64. The lowest BCUT2D eigenvalue weighted by Gasteiger charge is -2.02. The van der Waals surface area contributed by atoms with Crippen LogP contribution in [0.15, 0.2) is 47.4 Å². The first-order chi connectivity index (χ1) is 12.5. The largest absolute Gasteiger partial charge is 0.289 e. The maximum Gasteiger partial charge on any atom is 0.194 e. The van der Waals surface area contributed by atoms with Gasteiger partial charge >= 0.3 is 0 Å². The zero-order chi connectivity index (χ0) is 18.9. The Morgan fingerprint density at radius 1 is 1.00 bits per heavy atom. The van der Waals surface area contributed by atoms with Crippen LogP contribution in [0, 0.1) is 17.5 Å². The fraction of sp³-hybridized carbons (Fsp3) is 0.286. The lowest BCUT2D eigenvalue weighted by atomic mass is 10.1. The van der Waals surface area contributed by atoms with Gasteiger partial charge < -0.3 is 0 Å². The summed E-state index contributed by atoms with van der Waals surface area (Å²) in [5.74, 6) is -3.83. The number of rotatable bonds is 9. The van der Waals surface area contributed by atoms with Crippen molar-refractivity contribution in [2.75, 3.05) is 5.75 Å². The van der Waals surface area contributed by atoms with Gasteiger partial charge in [-0.15, -0.1) is 11.8 Å². The summed E-state index contributed by atoms with van der Waals surface area (Å²) in [6.07, 6.45) is 7.72. The minimum Gasteiger partial charge on any atom is -0.289 e. The normalized spacial score (nSPS) is 11.2. The monoisotopic (exact) mass is 378 g/mol. The van der Waals surface area contributed by atoms with Crippen LogP contribution in [0.3, 0.4) is 0 Å². The molecule has 1 nitrogen and oxygen atoms in total. The number of unbranched alkanes of at least 4 members (excludes halogenated alkanes) is 3. The Kier molecular flexibility index (Phi) is 7.98. The maximum absolute atomic E-state index is 13.2. The third-order valence-electron chi connectivity index (χ3n) is 3.84. The molecule has 5 heteroatoms. The molecule has 26 heavy (non-hydrogen) atoms. The number of carbonyl (C=O) groups is 1. The standard InChI is InChI=1S/C21H21F3OS/c1-2-3-4-5-12-26-17-9-6-15(7-10-17)8-11-20(25)16-13-18(22)21(24)19(23)14-16/h6-11,13-14H,2-5,12H2,1H3/b11-8+. The van der Waals surface area contributed by atoms with Gasteiger partial charge in [-0.25, -0.2) is 13.2 Å². The van der Waals surface area contributed by atoms with Crippen molar-refractivity contribution in [2.24, 2.45) is 0 Å². The minimum atomic E-state index is -1.58. The molecule has 0 bridgehead atoms. The van der Waals surface area contributed by atoms with E-state index in [-0.39, 0.29) is 5.56 Å². The molecule has 0 N–H and O–H groups in total. The number of carbonyl (C=O) groups excluding carboxylic acids is 1. The molecule has 2 aromatic rings. The number of allylic oxidation sites excluding steroid dienone is 1. The first-order valence-electron chi connectivity index (χ1n) is 8.61. The third kappa shape index (κ3) is 6.06. The van der Waals surface area contributed by atoms with Crippen LogP contribution in [0.2, 0.25) is 0 Å². The Morgan fingerprint density at radius 3 is 2.27 bits per heavy atom. The summed E-state index contributed by atoms with van der Waals surface area (Å²) >= 11 is 1.80. The van der Waals surface area contributed by atoms with Gasteiger partial charge in [-0.1, -0.05) is 44.4 Å². The number of hydrogen-bond acceptors (Lipinski definition) is 2. The number of ketones is 1. The van der Waals surface area contributed by atoms with E-state index < -0.39 is 23.2 Å². The molecule has 2 rings (SSSR count). The van der Waals surface area contributed by atoms with E-state index in [0.717, 1.165) is 16.2 Å². The van der Waals surface area contributed by atoms with Crippen molar-refractivity contribution in [3.63, 3.8) is 0 Å². The topological polar surface area (TPSA) is 17.1 Å². The quantitative estimate of drug-likeness (QED) is 0.159. The van der Waals surface area contributed by atoms with E-state index in [9.17, 15) is 18.0 Å². The van der Waals surface area contributed by atoms with E-state index in [1.54, 1.807) is 17.8 Å². The lowest BCUT2D eigenvalue weighted by molar-refractivity contribution is 0.104. The summed E-state index contributed by atoms with van der Waals surface area (Å²) < 4.78 is 39.3. The van der Waals surface area contributed by atoms with E-state index in [1.165, 1.54) is 31.8 Å².